The molecule has 0 saturated heterocycles. The molecule has 0 spiro atoms. The van der Waals surface area contributed by atoms with Crippen LogP contribution >= 0.6 is 11.6 Å². The minimum Gasteiger partial charge on any atom is -0.359 e. The lowest BCUT2D eigenvalue weighted by Crippen LogP contribution is -2.32. The monoisotopic (exact) mass is 424 g/mol. The van der Waals surface area contributed by atoms with E-state index >= 15 is 0 Å². The fourth-order valence-electron chi connectivity index (χ4n) is 3.51. The number of pyridine rings is 1. The van der Waals surface area contributed by atoms with Crippen LogP contribution in [0.1, 0.15) is 6.04 Å². The van der Waals surface area contributed by atoms with Gasteiger partial charge >= 0.3 is 0 Å². The van der Waals surface area contributed by atoms with Gasteiger partial charge in [0, 0.05) is 42.8 Å². The first-order valence-electron chi connectivity index (χ1n) is 9.11. The van der Waals surface area contributed by atoms with Crippen molar-refractivity contribution in [2.45, 2.75) is 6.04 Å². The number of aromatic amines is 1. The summed E-state index contributed by atoms with van der Waals surface area (Å²) in [4.78, 5) is 28.5. The van der Waals surface area contributed by atoms with Gasteiger partial charge in [0.15, 0.2) is 11.6 Å². The highest BCUT2D eigenvalue weighted by atomic mass is 35.5. The first-order chi connectivity index (χ1) is 14.5. The van der Waals surface area contributed by atoms with E-state index in [1.165, 1.54) is 31.7 Å². The molecule has 4 aromatic rings. The van der Waals surface area contributed by atoms with Crippen LogP contribution in [0.3, 0.4) is 0 Å². The molecule has 0 aromatic carbocycles. The molecule has 9 heteroatoms. The highest BCUT2D eigenvalue weighted by Crippen LogP contribution is 2.31. The molecule has 0 radical (unpaired) electrons. The van der Waals surface area contributed by atoms with E-state index in [9.17, 15) is 9.18 Å². The lowest BCUT2D eigenvalue weighted by atomic mass is 9.98. The van der Waals surface area contributed by atoms with Crippen molar-refractivity contribution in [2.75, 3.05) is 7.05 Å². The van der Waals surface area contributed by atoms with E-state index in [1.54, 1.807) is 22.9 Å². The Bertz CT molecular complexity index is 1290. The largest absolute Gasteiger partial charge is 0.359 e. The summed E-state index contributed by atoms with van der Waals surface area (Å²) in [6, 6.07) is 1.17. The average Bonchev–Trinajstić information content (AvgIpc) is 3.31. The maximum Gasteiger partial charge on any atom is 0.229 e. The van der Waals surface area contributed by atoms with Gasteiger partial charge in [-0.15, -0.1) is 13.2 Å². The summed E-state index contributed by atoms with van der Waals surface area (Å²) in [5, 5.41) is 4.05. The first-order valence-corrected chi connectivity index (χ1v) is 9.49. The fraction of sp³-hybridized carbons (Fsp3) is 0.143. The molecule has 4 aromatic heterocycles. The molecule has 0 aliphatic carbocycles. The lowest BCUT2D eigenvalue weighted by molar-refractivity contribution is -0.123. The van der Waals surface area contributed by atoms with Crippen molar-refractivity contribution in [3.63, 3.8) is 0 Å². The van der Waals surface area contributed by atoms with E-state index in [0.717, 1.165) is 5.39 Å². The number of carbonyl (C=O) groups excluding carboxylic acids is 1. The van der Waals surface area contributed by atoms with Crippen molar-refractivity contribution in [2.24, 2.45) is 5.92 Å². The number of H-pyrrole nitrogens is 1. The number of fused-ring (bicyclic) bond motifs is 2. The molecular weight excluding hydrogens is 407 g/mol. The maximum atomic E-state index is 14.6. The minimum atomic E-state index is -0.656. The van der Waals surface area contributed by atoms with E-state index < -0.39 is 17.8 Å². The van der Waals surface area contributed by atoms with Crippen molar-refractivity contribution in [3.05, 3.63) is 67.0 Å². The van der Waals surface area contributed by atoms with Crippen LogP contribution in [-0.2, 0) is 4.79 Å². The molecule has 0 aliphatic heterocycles. The van der Waals surface area contributed by atoms with Gasteiger partial charge in [-0.05, 0) is 6.07 Å². The number of allylic oxidation sites excluding steroid dienone is 1. The molecule has 4 heterocycles. The average molecular weight is 425 g/mol. The van der Waals surface area contributed by atoms with Crippen molar-refractivity contribution in [1.29, 1.82) is 0 Å². The Balaban J connectivity index is 1.90. The van der Waals surface area contributed by atoms with E-state index in [0.29, 0.717) is 27.7 Å². The molecule has 4 rings (SSSR count). The van der Waals surface area contributed by atoms with E-state index in [2.05, 4.69) is 38.4 Å². The van der Waals surface area contributed by atoms with Crippen LogP contribution in [0.4, 0.5) is 4.39 Å². The molecule has 0 fully saturated rings. The second-order valence-corrected chi connectivity index (χ2v) is 7.11. The van der Waals surface area contributed by atoms with Gasteiger partial charge in [-0.2, -0.15) is 0 Å². The Kier molecular flexibility index (Phi) is 5.09. The summed E-state index contributed by atoms with van der Waals surface area (Å²) in [6.45, 7) is 7.56. The zero-order valence-corrected chi connectivity index (χ0v) is 16.8. The third-order valence-corrected chi connectivity index (χ3v) is 5.20. The van der Waals surface area contributed by atoms with E-state index in [1.807, 2.05) is 0 Å². The van der Waals surface area contributed by atoms with Crippen LogP contribution in [0, 0.1) is 11.7 Å². The van der Waals surface area contributed by atoms with Gasteiger partial charge in [0.2, 0.25) is 5.91 Å². The predicted octanol–water partition coefficient (Wildman–Crippen LogP) is 4.04. The number of rotatable bonds is 6. The molecular formula is C21H18ClFN6O. The SMILES string of the molecule is C=C[C@H]([C@@H](C=C)C(=O)NC)n1cc(F)c2cnc(-c3c[nH]c4ncc(Cl)cc34)nc21. The highest BCUT2D eigenvalue weighted by molar-refractivity contribution is 6.31. The van der Waals surface area contributed by atoms with Crippen molar-refractivity contribution in [3.8, 4) is 11.4 Å². The van der Waals surface area contributed by atoms with Crippen LogP contribution in [0.15, 0.2) is 56.2 Å². The Morgan fingerprint density at radius 1 is 1.30 bits per heavy atom. The quantitative estimate of drug-likeness (QED) is 0.457. The second-order valence-electron chi connectivity index (χ2n) is 6.67. The first kappa shape index (κ1) is 19.8. The van der Waals surface area contributed by atoms with Gasteiger partial charge in [-0.25, -0.2) is 19.3 Å². The standard InChI is InChI=1S/C21H18ClFN6O/c1-4-12(21(30)24-3)17(5-2)29-10-16(23)15-9-27-19(28-20(15)29)14-8-26-18-13(14)6-11(22)7-25-18/h4-10,12,17H,1-2H2,3H3,(H,24,30)(H,25,26)/t12-,17-/m1/s1. The van der Waals surface area contributed by atoms with Gasteiger partial charge in [0.1, 0.15) is 11.3 Å². The molecule has 0 bridgehead atoms. The third-order valence-electron chi connectivity index (χ3n) is 5.00. The Labute approximate surface area is 176 Å². The van der Waals surface area contributed by atoms with Gasteiger partial charge in [-0.1, -0.05) is 23.8 Å². The number of aromatic nitrogens is 5. The van der Waals surface area contributed by atoms with Gasteiger partial charge in [-0.3, -0.25) is 4.79 Å². The normalized spacial score (nSPS) is 13.3. The van der Waals surface area contributed by atoms with Crippen molar-refractivity contribution in [1.82, 2.24) is 29.8 Å². The lowest BCUT2D eigenvalue weighted by Gasteiger charge is -2.22. The number of amides is 1. The van der Waals surface area contributed by atoms with E-state index in [4.69, 9.17) is 11.6 Å². The van der Waals surface area contributed by atoms with Crippen LogP contribution in [0.2, 0.25) is 5.02 Å². The molecule has 1 amide bonds. The summed E-state index contributed by atoms with van der Waals surface area (Å²) in [5.41, 5.74) is 1.65. The summed E-state index contributed by atoms with van der Waals surface area (Å²) in [5.74, 6) is -1.04. The molecule has 152 valence electrons. The van der Waals surface area contributed by atoms with Crippen LogP contribution in [0.5, 0.6) is 0 Å². The zero-order valence-electron chi connectivity index (χ0n) is 16.1. The summed E-state index contributed by atoms with van der Waals surface area (Å²) >= 11 is 6.08. The molecule has 0 saturated carbocycles. The Hall–Kier alpha value is -3.52. The smallest absolute Gasteiger partial charge is 0.229 e. The minimum absolute atomic E-state index is 0.237. The highest BCUT2D eigenvalue weighted by Gasteiger charge is 2.27. The summed E-state index contributed by atoms with van der Waals surface area (Å²) < 4.78 is 16.2. The summed E-state index contributed by atoms with van der Waals surface area (Å²) in [7, 11) is 1.53. The Morgan fingerprint density at radius 3 is 2.80 bits per heavy atom. The number of carbonyl (C=O) groups is 1. The van der Waals surface area contributed by atoms with Crippen LogP contribution in [0.25, 0.3) is 33.5 Å². The van der Waals surface area contributed by atoms with Crippen LogP contribution < -0.4 is 5.32 Å². The van der Waals surface area contributed by atoms with Gasteiger partial charge in [0.05, 0.1) is 22.4 Å². The molecule has 0 unspecified atom stereocenters. The zero-order chi connectivity index (χ0) is 21.4. The molecule has 2 atom stereocenters. The number of hydrogen-bond acceptors (Lipinski definition) is 4. The van der Waals surface area contributed by atoms with Gasteiger partial charge < -0.3 is 14.9 Å². The van der Waals surface area contributed by atoms with Gasteiger partial charge in [0.25, 0.3) is 0 Å². The van der Waals surface area contributed by atoms with Crippen LogP contribution in [-0.4, -0.2) is 37.5 Å². The number of nitrogens with zero attached hydrogens (tertiary/aromatic N) is 4. The molecule has 30 heavy (non-hydrogen) atoms. The number of nitrogens with one attached hydrogen (secondary N) is 2. The summed E-state index contributed by atoms with van der Waals surface area (Å²) in [6.07, 6.45) is 9.05. The topological polar surface area (TPSA) is 88.5 Å². The number of hydrogen-bond donors (Lipinski definition) is 2. The van der Waals surface area contributed by atoms with E-state index in [-0.39, 0.29) is 11.3 Å². The fourth-order valence-corrected chi connectivity index (χ4v) is 3.67. The van der Waals surface area contributed by atoms with Crippen molar-refractivity contribution < 1.29 is 9.18 Å². The molecule has 2 N–H and O–H groups in total. The third kappa shape index (κ3) is 3.15. The Morgan fingerprint density at radius 2 is 2.10 bits per heavy atom. The maximum absolute atomic E-state index is 14.6. The molecule has 0 aliphatic rings. The number of halogens is 2. The second kappa shape index (κ2) is 7.72. The predicted molar refractivity (Wildman–Crippen MR) is 115 cm³/mol. The molecule has 7 nitrogen and oxygen atoms in total. The van der Waals surface area contributed by atoms with Crippen molar-refractivity contribution >= 4 is 39.6 Å².